The number of para-hydroxylation sites is 1. The van der Waals surface area contributed by atoms with Gasteiger partial charge in [0.05, 0.1) is 0 Å². The van der Waals surface area contributed by atoms with Crippen molar-refractivity contribution in [1.82, 2.24) is 0 Å². The number of fused-ring (bicyclic) bond motifs is 1. The fourth-order valence-electron chi connectivity index (χ4n) is 3.17. The highest BCUT2D eigenvalue weighted by Crippen LogP contribution is 2.32. The van der Waals surface area contributed by atoms with Crippen molar-refractivity contribution in [3.05, 3.63) is 29.8 Å². The van der Waals surface area contributed by atoms with Gasteiger partial charge in [-0.3, -0.25) is 4.79 Å². The van der Waals surface area contributed by atoms with E-state index in [0.29, 0.717) is 5.78 Å². The molecule has 96 valence electrons. The van der Waals surface area contributed by atoms with Gasteiger partial charge in [-0.05, 0) is 24.5 Å². The van der Waals surface area contributed by atoms with E-state index in [1.165, 1.54) is 31.2 Å². The normalized spacial score (nSPS) is 24.1. The Morgan fingerprint density at radius 1 is 1.06 bits per heavy atom. The van der Waals surface area contributed by atoms with Gasteiger partial charge in [-0.1, -0.05) is 43.9 Å². The third kappa shape index (κ3) is 2.29. The first-order valence-electron chi connectivity index (χ1n) is 7.13. The van der Waals surface area contributed by atoms with Crippen LogP contribution in [0, 0.1) is 5.92 Å². The molecular weight excluding hydrogens is 224 g/mol. The second kappa shape index (κ2) is 5.13. The van der Waals surface area contributed by atoms with Crippen LogP contribution in [0.4, 0.5) is 0 Å². The van der Waals surface area contributed by atoms with Gasteiger partial charge in [-0.2, -0.15) is 0 Å². The van der Waals surface area contributed by atoms with Gasteiger partial charge in [0.2, 0.25) is 0 Å². The Kier molecular flexibility index (Phi) is 3.35. The van der Waals surface area contributed by atoms with E-state index in [1.54, 1.807) is 0 Å². The van der Waals surface area contributed by atoms with E-state index in [9.17, 15) is 4.79 Å². The Morgan fingerprint density at radius 3 is 2.50 bits per heavy atom. The molecule has 1 aliphatic heterocycles. The summed E-state index contributed by atoms with van der Waals surface area (Å²) in [5.74, 6) is 1.49. The maximum Gasteiger partial charge on any atom is 0.176 e. The number of benzene rings is 1. The van der Waals surface area contributed by atoms with Crippen LogP contribution < -0.4 is 4.74 Å². The molecule has 2 nitrogen and oxygen atoms in total. The van der Waals surface area contributed by atoms with Crippen LogP contribution in [0.15, 0.2) is 24.3 Å². The van der Waals surface area contributed by atoms with Crippen molar-refractivity contribution in [3.63, 3.8) is 0 Å². The largest absolute Gasteiger partial charge is 0.482 e. The zero-order valence-corrected chi connectivity index (χ0v) is 10.7. The van der Waals surface area contributed by atoms with Gasteiger partial charge in [-0.15, -0.1) is 0 Å². The van der Waals surface area contributed by atoms with Crippen molar-refractivity contribution < 1.29 is 9.53 Å². The molecular formula is C16H20O2. The minimum absolute atomic E-state index is 0.217. The monoisotopic (exact) mass is 244 g/mol. The molecule has 1 aromatic rings. The average Bonchev–Trinajstić information content (AvgIpc) is 2.64. The first kappa shape index (κ1) is 11.8. The number of ketones is 1. The minimum atomic E-state index is -0.217. The predicted molar refractivity (Wildman–Crippen MR) is 70.8 cm³/mol. The van der Waals surface area contributed by atoms with E-state index >= 15 is 0 Å². The summed E-state index contributed by atoms with van der Waals surface area (Å²) < 4.78 is 5.81. The van der Waals surface area contributed by atoms with Crippen molar-refractivity contribution >= 4 is 5.78 Å². The maximum absolute atomic E-state index is 12.5. The van der Waals surface area contributed by atoms with E-state index in [4.69, 9.17) is 4.74 Å². The molecule has 0 spiro atoms. The van der Waals surface area contributed by atoms with Gasteiger partial charge in [0, 0.05) is 12.3 Å². The molecule has 2 heteroatoms. The van der Waals surface area contributed by atoms with E-state index in [2.05, 4.69) is 6.07 Å². The van der Waals surface area contributed by atoms with E-state index in [0.717, 1.165) is 25.0 Å². The molecule has 0 radical (unpaired) electrons. The van der Waals surface area contributed by atoms with Gasteiger partial charge in [0.25, 0.3) is 0 Å². The zero-order chi connectivity index (χ0) is 12.4. The number of Topliss-reactive ketones (excluding diaryl/α,β-unsaturated/α-hetero) is 1. The third-order valence-corrected chi connectivity index (χ3v) is 4.22. The van der Waals surface area contributed by atoms with Gasteiger partial charge >= 0.3 is 0 Å². The summed E-state index contributed by atoms with van der Waals surface area (Å²) in [6.45, 7) is 0. The molecule has 1 heterocycles. The highest BCUT2D eigenvalue weighted by molar-refractivity contribution is 5.86. The number of ether oxygens (including phenoxy) is 1. The molecule has 18 heavy (non-hydrogen) atoms. The lowest BCUT2D eigenvalue weighted by Crippen LogP contribution is -2.31. The SMILES string of the molecule is O=C(C1CCCCCC1)C1Cc2ccccc2O1. The molecule has 1 atom stereocenters. The van der Waals surface area contributed by atoms with Gasteiger partial charge in [-0.25, -0.2) is 0 Å². The number of carbonyl (C=O) groups is 1. The van der Waals surface area contributed by atoms with Gasteiger partial charge in [0.1, 0.15) is 5.75 Å². The second-order valence-corrected chi connectivity index (χ2v) is 5.51. The van der Waals surface area contributed by atoms with Crippen LogP contribution in [0.3, 0.4) is 0 Å². The van der Waals surface area contributed by atoms with Crippen molar-refractivity contribution in [2.75, 3.05) is 0 Å². The summed E-state index contributed by atoms with van der Waals surface area (Å²) in [6, 6.07) is 8.02. The van der Waals surface area contributed by atoms with Crippen LogP contribution in [-0.4, -0.2) is 11.9 Å². The maximum atomic E-state index is 12.5. The first-order valence-corrected chi connectivity index (χ1v) is 7.13. The minimum Gasteiger partial charge on any atom is -0.482 e. The standard InChI is InChI=1S/C16H20O2/c17-16(12-7-3-1-2-4-8-12)15-11-13-9-5-6-10-14(13)18-15/h5-6,9-10,12,15H,1-4,7-8,11H2. The fraction of sp³-hybridized carbons (Fsp3) is 0.562. The van der Waals surface area contributed by atoms with Crippen LogP contribution in [0.25, 0.3) is 0 Å². The van der Waals surface area contributed by atoms with E-state index < -0.39 is 0 Å². The Labute approximate surface area is 108 Å². The molecule has 0 N–H and O–H groups in total. The van der Waals surface area contributed by atoms with Gasteiger partial charge in [0.15, 0.2) is 11.9 Å². The van der Waals surface area contributed by atoms with Crippen LogP contribution in [0.2, 0.25) is 0 Å². The number of rotatable bonds is 2. The first-order chi connectivity index (χ1) is 8.84. The third-order valence-electron chi connectivity index (χ3n) is 4.22. The molecule has 0 saturated heterocycles. The lowest BCUT2D eigenvalue weighted by molar-refractivity contribution is -0.129. The Bertz CT molecular complexity index is 405. The predicted octanol–water partition coefficient (Wildman–Crippen LogP) is 3.53. The van der Waals surface area contributed by atoms with Crippen LogP contribution in [-0.2, 0) is 11.2 Å². The summed E-state index contributed by atoms with van der Waals surface area (Å²) in [7, 11) is 0. The number of hydrogen-bond acceptors (Lipinski definition) is 2. The van der Waals surface area contributed by atoms with Crippen LogP contribution in [0.5, 0.6) is 5.75 Å². The van der Waals surface area contributed by atoms with Gasteiger partial charge < -0.3 is 4.74 Å². The average molecular weight is 244 g/mol. The highest BCUT2D eigenvalue weighted by atomic mass is 16.5. The fourth-order valence-corrected chi connectivity index (χ4v) is 3.17. The summed E-state index contributed by atoms with van der Waals surface area (Å²) in [4.78, 5) is 12.5. The topological polar surface area (TPSA) is 26.3 Å². The molecule has 0 bridgehead atoms. The molecule has 0 amide bonds. The zero-order valence-electron chi connectivity index (χ0n) is 10.7. The Hall–Kier alpha value is -1.31. The molecule has 0 aromatic heterocycles. The van der Waals surface area contributed by atoms with E-state index in [1.807, 2.05) is 18.2 Å². The summed E-state index contributed by atoms with van der Waals surface area (Å²) in [5, 5.41) is 0. The molecule has 1 saturated carbocycles. The summed E-state index contributed by atoms with van der Waals surface area (Å²) in [5.41, 5.74) is 1.18. The Morgan fingerprint density at radius 2 is 1.78 bits per heavy atom. The highest BCUT2D eigenvalue weighted by Gasteiger charge is 2.33. The molecule has 1 aromatic carbocycles. The molecule has 1 unspecified atom stereocenters. The molecule has 1 fully saturated rings. The number of hydrogen-bond donors (Lipinski definition) is 0. The molecule has 3 rings (SSSR count). The second-order valence-electron chi connectivity index (χ2n) is 5.51. The summed E-state index contributed by atoms with van der Waals surface area (Å²) in [6.07, 6.45) is 7.66. The van der Waals surface area contributed by atoms with E-state index in [-0.39, 0.29) is 12.0 Å². The van der Waals surface area contributed by atoms with Crippen molar-refractivity contribution in [2.45, 2.75) is 51.0 Å². The lowest BCUT2D eigenvalue weighted by Gasteiger charge is -2.17. The van der Waals surface area contributed by atoms with Crippen LogP contribution >= 0.6 is 0 Å². The van der Waals surface area contributed by atoms with Crippen molar-refractivity contribution in [1.29, 1.82) is 0 Å². The molecule has 2 aliphatic rings. The molecule has 1 aliphatic carbocycles. The quantitative estimate of drug-likeness (QED) is 0.744. The lowest BCUT2D eigenvalue weighted by atomic mass is 9.91. The van der Waals surface area contributed by atoms with Crippen molar-refractivity contribution in [2.24, 2.45) is 5.92 Å². The summed E-state index contributed by atoms with van der Waals surface area (Å²) >= 11 is 0. The van der Waals surface area contributed by atoms with Crippen LogP contribution in [0.1, 0.15) is 44.1 Å². The smallest absolute Gasteiger partial charge is 0.176 e. The Balaban J connectivity index is 1.68. The number of carbonyl (C=O) groups excluding carboxylic acids is 1. The van der Waals surface area contributed by atoms with Crippen molar-refractivity contribution in [3.8, 4) is 5.75 Å².